The van der Waals surface area contributed by atoms with E-state index in [-0.39, 0.29) is 17.4 Å². The van der Waals surface area contributed by atoms with Crippen LogP contribution in [0, 0.1) is 0 Å². The SMILES string of the molecule is CC1CN(C(=O)c2ncccc2O)CCS1. The van der Waals surface area contributed by atoms with E-state index in [1.165, 1.54) is 12.3 Å². The zero-order valence-electron chi connectivity index (χ0n) is 9.09. The molecule has 5 heteroatoms. The van der Waals surface area contributed by atoms with Crippen molar-refractivity contribution < 1.29 is 9.90 Å². The molecular weight excluding hydrogens is 224 g/mol. The Kier molecular flexibility index (Phi) is 3.33. The molecule has 1 N–H and O–H groups in total. The standard InChI is InChI=1S/C11H14N2O2S/c1-8-7-13(5-6-16-8)11(15)10-9(14)3-2-4-12-10/h2-4,8,14H,5-7H2,1H3. The molecule has 1 aromatic rings. The number of carbonyl (C=O) groups excluding carboxylic acids is 1. The van der Waals surface area contributed by atoms with E-state index in [9.17, 15) is 9.90 Å². The molecule has 0 saturated carbocycles. The fraction of sp³-hybridized carbons (Fsp3) is 0.455. The Labute approximate surface area is 98.7 Å². The molecular formula is C11H14N2O2S. The highest BCUT2D eigenvalue weighted by molar-refractivity contribution is 7.99. The maximum atomic E-state index is 12.1. The van der Waals surface area contributed by atoms with Gasteiger partial charge in [0, 0.05) is 30.3 Å². The molecule has 0 spiro atoms. The van der Waals surface area contributed by atoms with Crippen LogP contribution in [0.3, 0.4) is 0 Å². The quantitative estimate of drug-likeness (QED) is 0.802. The third-order valence-corrected chi connectivity index (χ3v) is 3.65. The number of hydrogen-bond donors (Lipinski definition) is 1. The van der Waals surface area contributed by atoms with Crippen molar-refractivity contribution in [2.45, 2.75) is 12.2 Å². The number of nitrogens with zero attached hydrogens (tertiary/aromatic N) is 2. The Morgan fingerprint density at radius 3 is 3.19 bits per heavy atom. The minimum absolute atomic E-state index is 0.0432. The first-order chi connectivity index (χ1) is 7.68. The summed E-state index contributed by atoms with van der Waals surface area (Å²) >= 11 is 1.86. The van der Waals surface area contributed by atoms with E-state index in [0.29, 0.717) is 5.25 Å². The fourth-order valence-corrected chi connectivity index (χ4v) is 2.73. The maximum absolute atomic E-state index is 12.1. The number of hydrogen-bond acceptors (Lipinski definition) is 4. The van der Waals surface area contributed by atoms with Crippen molar-refractivity contribution in [2.24, 2.45) is 0 Å². The predicted octanol–water partition coefficient (Wildman–Crippen LogP) is 1.36. The van der Waals surface area contributed by atoms with E-state index in [4.69, 9.17) is 0 Å². The van der Waals surface area contributed by atoms with Crippen LogP contribution < -0.4 is 0 Å². The van der Waals surface area contributed by atoms with Crippen molar-refractivity contribution in [2.75, 3.05) is 18.8 Å². The van der Waals surface area contributed by atoms with Gasteiger partial charge in [-0.3, -0.25) is 4.79 Å². The molecule has 0 aliphatic carbocycles. The Morgan fingerprint density at radius 2 is 2.50 bits per heavy atom. The van der Waals surface area contributed by atoms with Crippen LogP contribution in [0.4, 0.5) is 0 Å². The molecule has 2 rings (SSSR count). The molecule has 1 saturated heterocycles. The summed E-state index contributed by atoms with van der Waals surface area (Å²) in [5, 5.41) is 10.0. The second-order valence-corrected chi connectivity index (χ2v) is 5.35. The molecule has 2 heterocycles. The molecule has 1 aromatic heterocycles. The fourth-order valence-electron chi connectivity index (χ4n) is 1.71. The molecule has 1 amide bonds. The summed E-state index contributed by atoms with van der Waals surface area (Å²) in [5.74, 6) is 0.726. The van der Waals surface area contributed by atoms with Crippen LogP contribution in [0.25, 0.3) is 0 Å². The van der Waals surface area contributed by atoms with Crippen molar-refractivity contribution in [3.05, 3.63) is 24.0 Å². The number of amides is 1. The summed E-state index contributed by atoms with van der Waals surface area (Å²) in [4.78, 5) is 17.7. The van der Waals surface area contributed by atoms with Crippen LogP contribution in [0.15, 0.2) is 18.3 Å². The zero-order chi connectivity index (χ0) is 11.5. The number of thioether (sulfide) groups is 1. The summed E-state index contributed by atoms with van der Waals surface area (Å²) < 4.78 is 0. The average Bonchev–Trinajstić information content (AvgIpc) is 2.29. The van der Waals surface area contributed by atoms with Crippen molar-refractivity contribution in [1.29, 1.82) is 0 Å². The third-order valence-electron chi connectivity index (χ3n) is 2.52. The van der Waals surface area contributed by atoms with Gasteiger partial charge in [0.15, 0.2) is 5.69 Å². The van der Waals surface area contributed by atoms with E-state index in [0.717, 1.165) is 18.8 Å². The Balaban J connectivity index is 2.16. The lowest BCUT2D eigenvalue weighted by Crippen LogP contribution is -2.41. The molecule has 1 atom stereocenters. The molecule has 16 heavy (non-hydrogen) atoms. The summed E-state index contributed by atoms with van der Waals surface area (Å²) in [7, 11) is 0. The van der Waals surface area contributed by atoms with Crippen LogP contribution in [-0.2, 0) is 0 Å². The van der Waals surface area contributed by atoms with E-state index in [2.05, 4.69) is 11.9 Å². The summed E-state index contributed by atoms with van der Waals surface area (Å²) in [6, 6.07) is 3.10. The van der Waals surface area contributed by atoms with E-state index in [1.807, 2.05) is 11.8 Å². The normalized spacial score (nSPS) is 20.8. The van der Waals surface area contributed by atoms with Crippen LogP contribution in [0.5, 0.6) is 5.75 Å². The number of pyridine rings is 1. The van der Waals surface area contributed by atoms with Gasteiger partial charge >= 0.3 is 0 Å². The highest BCUT2D eigenvalue weighted by Crippen LogP contribution is 2.21. The second kappa shape index (κ2) is 4.74. The average molecular weight is 238 g/mol. The summed E-state index contributed by atoms with van der Waals surface area (Å²) in [5.41, 5.74) is 0.154. The molecule has 1 fully saturated rings. The first-order valence-corrected chi connectivity index (χ1v) is 6.28. The van der Waals surface area contributed by atoms with Crippen LogP contribution in [-0.4, -0.2) is 45.0 Å². The highest BCUT2D eigenvalue weighted by Gasteiger charge is 2.24. The van der Waals surface area contributed by atoms with Crippen LogP contribution in [0.1, 0.15) is 17.4 Å². The van der Waals surface area contributed by atoms with Crippen molar-refractivity contribution in [3.8, 4) is 5.75 Å². The predicted molar refractivity (Wildman–Crippen MR) is 63.7 cm³/mol. The first kappa shape index (κ1) is 11.3. The first-order valence-electron chi connectivity index (χ1n) is 5.23. The minimum Gasteiger partial charge on any atom is -0.505 e. The monoisotopic (exact) mass is 238 g/mol. The topological polar surface area (TPSA) is 53.4 Å². The Bertz CT molecular complexity index is 397. The number of rotatable bonds is 1. The highest BCUT2D eigenvalue weighted by atomic mass is 32.2. The van der Waals surface area contributed by atoms with Gasteiger partial charge in [-0.15, -0.1) is 0 Å². The second-order valence-electron chi connectivity index (χ2n) is 3.80. The van der Waals surface area contributed by atoms with Crippen molar-refractivity contribution in [3.63, 3.8) is 0 Å². The van der Waals surface area contributed by atoms with Gasteiger partial charge in [0.05, 0.1) is 0 Å². The molecule has 0 aromatic carbocycles. The molecule has 0 radical (unpaired) electrons. The van der Waals surface area contributed by atoms with Gasteiger partial charge in [0.2, 0.25) is 0 Å². The molecule has 1 aliphatic heterocycles. The van der Waals surface area contributed by atoms with Gasteiger partial charge in [0.25, 0.3) is 5.91 Å². The lowest BCUT2D eigenvalue weighted by atomic mass is 10.2. The van der Waals surface area contributed by atoms with Gasteiger partial charge in [-0.2, -0.15) is 11.8 Å². The van der Waals surface area contributed by atoms with E-state index < -0.39 is 0 Å². The Morgan fingerprint density at radius 1 is 1.69 bits per heavy atom. The smallest absolute Gasteiger partial charge is 0.276 e. The zero-order valence-corrected chi connectivity index (χ0v) is 9.91. The van der Waals surface area contributed by atoms with Gasteiger partial charge in [-0.05, 0) is 12.1 Å². The number of carbonyl (C=O) groups is 1. The maximum Gasteiger partial charge on any atom is 0.276 e. The van der Waals surface area contributed by atoms with Gasteiger partial charge in [-0.1, -0.05) is 6.92 Å². The van der Waals surface area contributed by atoms with Crippen LogP contribution >= 0.6 is 11.8 Å². The number of aromatic hydroxyl groups is 1. The summed E-state index contributed by atoms with van der Waals surface area (Å²) in [6.07, 6.45) is 1.52. The van der Waals surface area contributed by atoms with Crippen molar-refractivity contribution >= 4 is 17.7 Å². The van der Waals surface area contributed by atoms with Gasteiger partial charge in [-0.25, -0.2) is 4.98 Å². The van der Waals surface area contributed by atoms with Gasteiger partial charge < -0.3 is 10.0 Å². The van der Waals surface area contributed by atoms with Crippen LogP contribution in [0.2, 0.25) is 0 Å². The molecule has 1 unspecified atom stereocenters. The number of aromatic nitrogens is 1. The molecule has 86 valence electrons. The minimum atomic E-state index is -0.176. The third kappa shape index (κ3) is 2.29. The van der Waals surface area contributed by atoms with E-state index in [1.54, 1.807) is 11.0 Å². The lowest BCUT2D eigenvalue weighted by molar-refractivity contribution is 0.0754. The summed E-state index contributed by atoms with van der Waals surface area (Å²) in [6.45, 7) is 3.55. The largest absolute Gasteiger partial charge is 0.505 e. The molecule has 1 aliphatic rings. The van der Waals surface area contributed by atoms with Crippen molar-refractivity contribution in [1.82, 2.24) is 9.88 Å². The lowest BCUT2D eigenvalue weighted by Gasteiger charge is -2.30. The van der Waals surface area contributed by atoms with Gasteiger partial charge in [0.1, 0.15) is 5.75 Å². The molecule has 4 nitrogen and oxygen atoms in total. The van der Waals surface area contributed by atoms with E-state index >= 15 is 0 Å². The molecule has 0 bridgehead atoms. The Hall–Kier alpha value is -1.23.